The lowest BCUT2D eigenvalue weighted by molar-refractivity contribution is 0.0592. The highest BCUT2D eigenvalue weighted by atomic mass is 79.9. The molecule has 0 aliphatic carbocycles. The number of carbonyl (C=O) groups excluding carboxylic acids is 1. The number of pyridine rings is 2. The summed E-state index contributed by atoms with van der Waals surface area (Å²) in [5.41, 5.74) is 0.345. The number of aromatic nitrogens is 2. The Morgan fingerprint density at radius 1 is 1.05 bits per heavy atom. The summed E-state index contributed by atoms with van der Waals surface area (Å²) in [7, 11) is 1.32. The van der Waals surface area contributed by atoms with Gasteiger partial charge in [-0.1, -0.05) is 0 Å². The highest BCUT2D eigenvalue weighted by molar-refractivity contribution is 9.10. The molecule has 0 amide bonds. The standard InChI is InChI=1S/C7H6BrNO2.C6H4BrNO2/c1-11-7(10)6-5(8)3-2-4-9-6;7-4-2-1-3-8-5(4)6(9)10/h2-4H,1H3;1-3H,(H,9,10). The van der Waals surface area contributed by atoms with E-state index in [9.17, 15) is 9.59 Å². The Morgan fingerprint density at radius 2 is 1.52 bits per heavy atom. The predicted octanol–water partition coefficient (Wildman–Crippen LogP) is 3.17. The Kier molecular flexibility index (Phi) is 6.97. The second kappa shape index (κ2) is 8.48. The van der Waals surface area contributed by atoms with Crippen LogP contribution in [0.1, 0.15) is 21.0 Å². The van der Waals surface area contributed by atoms with Gasteiger partial charge in [0.05, 0.1) is 16.1 Å². The normalized spacial score (nSPS) is 9.29. The lowest BCUT2D eigenvalue weighted by atomic mass is 10.4. The highest BCUT2D eigenvalue weighted by Crippen LogP contribution is 2.13. The number of ether oxygens (including phenoxy) is 1. The smallest absolute Gasteiger partial charge is 0.357 e. The zero-order valence-electron chi connectivity index (χ0n) is 10.8. The highest BCUT2D eigenvalue weighted by Gasteiger charge is 2.09. The Morgan fingerprint density at radius 3 is 1.86 bits per heavy atom. The van der Waals surface area contributed by atoms with Gasteiger partial charge in [0.2, 0.25) is 0 Å². The number of carboxylic acid groups (broad SMARTS) is 1. The number of carboxylic acids is 1. The third-order valence-corrected chi connectivity index (χ3v) is 3.38. The number of halogens is 2. The Hall–Kier alpha value is -1.80. The van der Waals surface area contributed by atoms with E-state index >= 15 is 0 Å². The lowest BCUT2D eigenvalue weighted by Gasteiger charge is -1.98. The number of esters is 1. The SMILES string of the molecule is COC(=O)c1ncccc1Br.O=C(O)c1ncccc1Br. The molecule has 1 N–H and O–H groups in total. The molecule has 0 saturated heterocycles. The molecular formula is C13H10Br2N2O4. The molecule has 0 spiro atoms. The number of rotatable bonds is 2. The fourth-order valence-electron chi connectivity index (χ4n) is 1.18. The van der Waals surface area contributed by atoms with Crippen LogP contribution >= 0.6 is 31.9 Å². The number of nitrogens with zero attached hydrogens (tertiary/aromatic N) is 2. The van der Waals surface area contributed by atoms with E-state index in [2.05, 4.69) is 46.6 Å². The van der Waals surface area contributed by atoms with Crippen LogP contribution in [0.25, 0.3) is 0 Å². The van der Waals surface area contributed by atoms with Gasteiger partial charge in [0.15, 0.2) is 11.4 Å². The summed E-state index contributed by atoms with van der Waals surface area (Å²) in [5.74, 6) is -1.45. The first-order chi connectivity index (χ1) is 9.97. The van der Waals surface area contributed by atoms with Crippen molar-refractivity contribution in [2.75, 3.05) is 7.11 Å². The van der Waals surface area contributed by atoms with Gasteiger partial charge in [-0.25, -0.2) is 19.6 Å². The third-order valence-electron chi connectivity index (χ3n) is 2.10. The minimum absolute atomic E-state index is 0.0440. The van der Waals surface area contributed by atoms with Crippen molar-refractivity contribution in [3.63, 3.8) is 0 Å². The van der Waals surface area contributed by atoms with Gasteiger partial charge < -0.3 is 9.84 Å². The van der Waals surface area contributed by atoms with Crippen LogP contribution in [-0.4, -0.2) is 34.1 Å². The minimum Gasteiger partial charge on any atom is -0.476 e. The van der Waals surface area contributed by atoms with E-state index in [1.807, 2.05) is 0 Å². The van der Waals surface area contributed by atoms with Crippen molar-refractivity contribution in [2.24, 2.45) is 0 Å². The summed E-state index contributed by atoms with van der Waals surface area (Å²) in [6.45, 7) is 0. The zero-order chi connectivity index (χ0) is 15.8. The van der Waals surface area contributed by atoms with Crippen LogP contribution < -0.4 is 0 Å². The van der Waals surface area contributed by atoms with Gasteiger partial charge in [-0.05, 0) is 56.1 Å². The minimum atomic E-state index is -1.02. The number of aromatic carboxylic acids is 1. The van der Waals surface area contributed by atoms with Crippen molar-refractivity contribution in [3.8, 4) is 0 Å². The molecule has 0 atom stereocenters. The maximum absolute atomic E-state index is 10.9. The fraction of sp³-hybridized carbons (Fsp3) is 0.0769. The monoisotopic (exact) mass is 416 g/mol. The zero-order valence-corrected chi connectivity index (χ0v) is 14.0. The van der Waals surface area contributed by atoms with Crippen LogP contribution in [0.2, 0.25) is 0 Å². The van der Waals surface area contributed by atoms with Gasteiger partial charge in [-0.2, -0.15) is 0 Å². The van der Waals surface area contributed by atoms with Crippen molar-refractivity contribution in [1.29, 1.82) is 0 Å². The third kappa shape index (κ3) is 5.24. The molecule has 2 heterocycles. The van der Waals surface area contributed by atoms with Crippen molar-refractivity contribution < 1.29 is 19.4 Å². The first-order valence-corrected chi connectivity index (χ1v) is 7.08. The molecule has 0 radical (unpaired) electrons. The van der Waals surface area contributed by atoms with Gasteiger partial charge in [0.25, 0.3) is 0 Å². The predicted molar refractivity (Wildman–Crippen MR) is 82.2 cm³/mol. The molecule has 110 valence electrons. The van der Waals surface area contributed by atoms with Gasteiger partial charge in [0, 0.05) is 12.4 Å². The molecule has 2 aromatic heterocycles. The maximum atomic E-state index is 10.9. The van der Waals surface area contributed by atoms with Crippen LogP contribution in [0.4, 0.5) is 0 Å². The molecule has 0 saturated carbocycles. The fourth-order valence-corrected chi connectivity index (χ4v) is 2.02. The number of hydrogen-bond donors (Lipinski definition) is 1. The Balaban J connectivity index is 0.000000211. The van der Waals surface area contributed by atoms with Crippen LogP contribution in [0.15, 0.2) is 45.6 Å². The topological polar surface area (TPSA) is 89.4 Å². The molecule has 0 bridgehead atoms. The second-order valence-corrected chi connectivity index (χ2v) is 5.17. The van der Waals surface area contributed by atoms with Gasteiger partial charge in [-0.15, -0.1) is 0 Å². The molecule has 6 nitrogen and oxygen atoms in total. The summed E-state index contributed by atoms with van der Waals surface area (Å²) < 4.78 is 5.63. The molecule has 21 heavy (non-hydrogen) atoms. The van der Waals surface area contributed by atoms with Crippen molar-refractivity contribution in [1.82, 2.24) is 9.97 Å². The van der Waals surface area contributed by atoms with Crippen LogP contribution in [-0.2, 0) is 4.74 Å². The van der Waals surface area contributed by atoms with E-state index < -0.39 is 11.9 Å². The maximum Gasteiger partial charge on any atom is 0.357 e. The quantitative estimate of drug-likeness (QED) is 0.754. The van der Waals surface area contributed by atoms with Crippen molar-refractivity contribution >= 4 is 43.8 Å². The van der Waals surface area contributed by atoms with Crippen molar-refractivity contribution in [3.05, 3.63) is 57.0 Å². The molecular weight excluding hydrogens is 408 g/mol. The summed E-state index contributed by atoms with van der Waals surface area (Å²) in [4.78, 5) is 28.7. The molecule has 2 rings (SSSR count). The molecule has 0 fully saturated rings. The van der Waals surface area contributed by atoms with E-state index in [1.165, 1.54) is 19.5 Å². The molecule has 8 heteroatoms. The number of carbonyl (C=O) groups is 2. The molecule has 2 aromatic rings. The van der Waals surface area contributed by atoms with Crippen LogP contribution in [0.5, 0.6) is 0 Å². The molecule has 0 aliphatic rings. The summed E-state index contributed by atoms with van der Waals surface area (Å²) >= 11 is 6.23. The average Bonchev–Trinajstić information content (AvgIpc) is 2.48. The molecule has 0 aliphatic heterocycles. The first kappa shape index (κ1) is 17.3. The van der Waals surface area contributed by atoms with E-state index in [-0.39, 0.29) is 5.69 Å². The van der Waals surface area contributed by atoms with Crippen molar-refractivity contribution in [2.45, 2.75) is 0 Å². The van der Waals surface area contributed by atoms with Gasteiger partial charge in [0.1, 0.15) is 0 Å². The van der Waals surface area contributed by atoms with Gasteiger partial charge >= 0.3 is 11.9 Å². The summed E-state index contributed by atoms with van der Waals surface area (Å²) in [5, 5.41) is 8.47. The number of methoxy groups -OCH3 is 1. The molecule has 0 aromatic carbocycles. The summed E-state index contributed by atoms with van der Waals surface area (Å²) in [6, 6.07) is 6.77. The van der Waals surface area contributed by atoms with E-state index in [0.717, 1.165) is 0 Å². The average molecular weight is 418 g/mol. The van der Waals surface area contributed by atoms with Crippen LogP contribution in [0, 0.1) is 0 Å². The Bertz CT molecular complexity index is 650. The first-order valence-electron chi connectivity index (χ1n) is 5.50. The van der Waals surface area contributed by atoms with E-state index in [4.69, 9.17) is 5.11 Å². The van der Waals surface area contributed by atoms with Gasteiger partial charge in [-0.3, -0.25) is 0 Å². The second-order valence-electron chi connectivity index (χ2n) is 3.46. The number of hydrogen-bond acceptors (Lipinski definition) is 5. The van der Waals surface area contributed by atoms with E-state index in [0.29, 0.717) is 14.6 Å². The van der Waals surface area contributed by atoms with E-state index in [1.54, 1.807) is 24.3 Å². The summed E-state index contributed by atoms with van der Waals surface area (Å²) in [6.07, 6.45) is 2.98. The molecule has 0 unspecified atom stereocenters. The van der Waals surface area contributed by atoms with Crippen LogP contribution in [0.3, 0.4) is 0 Å². The lowest BCUT2D eigenvalue weighted by Crippen LogP contribution is -2.04. The largest absolute Gasteiger partial charge is 0.476 e. The Labute approximate surface area is 137 Å².